The highest BCUT2D eigenvalue weighted by molar-refractivity contribution is 7.13. The number of rotatable bonds is 4. The van der Waals surface area contributed by atoms with Crippen molar-refractivity contribution < 1.29 is 0 Å². The highest BCUT2D eigenvalue weighted by Gasteiger charge is 2.37. The Hall–Kier alpha value is -3.11. The number of benzene rings is 3. The first-order valence-corrected chi connectivity index (χ1v) is 10.9. The Morgan fingerprint density at radius 2 is 1.21 bits per heavy atom. The van der Waals surface area contributed by atoms with E-state index in [2.05, 4.69) is 111 Å². The van der Waals surface area contributed by atoms with Crippen LogP contribution >= 0.6 is 11.3 Å². The van der Waals surface area contributed by atoms with Crippen molar-refractivity contribution in [3.05, 3.63) is 114 Å². The Balaban J connectivity index is 1.64. The largest absolute Gasteiger partial charge is 0.354 e. The van der Waals surface area contributed by atoms with E-state index in [1.807, 2.05) is 6.20 Å². The van der Waals surface area contributed by atoms with Gasteiger partial charge in [0.25, 0.3) is 0 Å². The smallest absolute Gasteiger partial charge is 0.185 e. The van der Waals surface area contributed by atoms with Gasteiger partial charge in [-0.25, -0.2) is 4.98 Å². The summed E-state index contributed by atoms with van der Waals surface area (Å²) in [5.74, 6) is 0. The Labute approximate surface area is 175 Å². The summed E-state index contributed by atoms with van der Waals surface area (Å²) in [5.41, 5.74) is 3.92. The van der Waals surface area contributed by atoms with Crippen LogP contribution in [-0.2, 0) is 0 Å². The Morgan fingerprint density at radius 1 is 0.690 bits per heavy atom. The van der Waals surface area contributed by atoms with Crippen molar-refractivity contribution in [3.63, 3.8) is 0 Å². The molecule has 29 heavy (non-hydrogen) atoms. The van der Waals surface area contributed by atoms with Crippen LogP contribution in [0.4, 0.5) is 10.8 Å². The summed E-state index contributed by atoms with van der Waals surface area (Å²) in [6, 6.07) is 33.0. The third-order valence-corrected chi connectivity index (χ3v) is 6.40. The van der Waals surface area contributed by atoms with Gasteiger partial charge in [-0.15, -0.1) is 11.3 Å². The predicted octanol–water partition coefficient (Wildman–Crippen LogP) is 5.95. The average molecular weight is 398 g/mol. The molecule has 0 N–H and O–H groups in total. The van der Waals surface area contributed by atoms with Crippen LogP contribution < -0.4 is 9.80 Å². The molecule has 1 fully saturated rings. The molecule has 2 atom stereocenters. The molecule has 0 radical (unpaired) electrons. The molecule has 2 unspecified atom stereocenters. The van der Waals surface area contributed by atoms with Crippen LogP contribution in [0, 0.1) is 0 Å². The normalized spacial score (nSPS) is 19.3. The Bertz CT molecular complexity index is 970. The van der Waals surface area contributed by atoms with E-state index < -0.39 is 0 Å². The summed E-state index contributed by atoms with van der Waals surface area (Å²) >= 11 is 1.72. The zero-order valence-electron chi connectivity index (χ0n) is 16.1. The second kappa shape index (κ2) is 8.10. The standard InChI is InChI=1S/C25H23N3S/c1-4-10-20(11-5-1)23-18-27(25-26-16-17-29-25)19-24(21-12-6-2-7-13-21)28(23)22-14-8-3-9-15-22/h1-17,23-24H,18-19H2. The Morgan fingerprint density at radius 3 is 1.69 bits per heavy atom. The third-order valence-electron chi connectivity index (χ3n) is 5.57. The van der Waals surface area contributed by atoms with Crippen LogP contribution in [0.25, 0.3) is 0 Å². The maximum absolute atomic E-state index is 4.62. The number of aromatic nitrogens is 1. The molecule has 5 rings (SSSR count). The monoisotopic (exact) mass is 397 g/mol. The Kier molecular flexibility index (Phi) is 5.01. The van der Waals surface area contributed by atoms with Crippen molar-refractivity contribution in [3.8, 4) is 0 Å². The van der Waals surface area contributed by atoms with Gasteiger partial charge in [-0.05, 0) is 23.3 Å². The van der Waals surface area contributed by atoms with Crippen LogP contribution in [0.3, 0.4) is 0 Å². The molecule has 0 aliphatic carbocycles. The molecule has 0 saturated carbocycles. The van der Waals surface area contributed by atoms with Gasteiger partial charge < -0.3 is 9.80 Å². The SMILES string of the molecule is c1ccc(C2CN(c3nccs3)CC(c3ccccc3)N2c2ccccc2)cc1. The number of nitrogens with zero attached hydrogens (tertiary/aromatic N) is 3. The molecule has 4 aromatic rings. The van der Waals surface area contributed by atoms with Crippen LogP contribution in [0.5, 0.6) is 0 Å². The third kappa shape index (κ3) is 3.64. The zero-order valence-corrected chi connectivity index (χ0v) is 17.0. The maximum Gasteiger partial charge on any atom is 0.185 e. The van der Waals surface area contributed by atoms with E-state index in [9.17, 15) is 0 Å². The molecular weight excluding hydrogens is 374 g/mol. The van der Waals surface area contributed by atoms with Gasteiger partial charge in [0, 0.05) is 30.4 Å². The first kappa shape index (κ1) is 18.0. The fourth-order valence-corrected chi connectivity index (χ4v) is 4.92. The molecule has 1 aliphatic rings. The van der Waals surface area contributed by atoms with Crippen molar-refractivity contribution in [1.82, 2.24) is 4.98 Å². The summed E-state index contributed by atoms with van der Waals surface area (Å²) in [4.78, 5) is 9.66. The number of hydrogen-bond donors (Lipinski definition) is 0. The van der Waals surface area contributed by atoms with Crippen molar-refractivity contribution in [1.29, 1.82) is 0 Å². The number of piperazine rings is 1. The molecule has 1 aliphatic heterocycles. The molecule has 2 heterocycles. The van der Waals surface area contributed by atoms with Crippen molar-refractivity contribution in [2.45, 2.75) is 12.1 Å². The minimum atomic E-state index is 0.237. The van der Waals surface area contributed by atoms with Crippen LogP contribution in [0.2, 0.25) is 0 Å². The fraction of sp³-hybridized carbons (Fsp3) is 0.160. The van der Waals surface area contributed by atoms with Gasteiger partial charge in [0.2, 0.25) is 0 Å². The second-order valence-electron chi connectivity index (χ2n) is 7.32. The van der Waals surface area contributed by atoms with Gasteiger partial charge >= 0.3 is 0 Å². The van der Waals surface area contributed by atoms with E-state index in [-0.39, 0.29) is 12.1 Å². The van der Waals surface area contributed by atoms with Gasteiger partial charge in [-0.2, -0.15) is 0 Å². The molecule has 0 bridgehead atoms. The lowest BCUT2D eigenvalue weighted by molar-refractivity contribution is 0.454. The minimum absolute atomic E-state index is 0.237. The van der Waals surface area contributed by atoms with E-state index in [4.69, 9.17) is 0 Å². The van der Waals surface area contributed by atoms with E-state index >= 15 is 0 Å². The van der Waals surface area contributed by atoms with E-state index in [1.54, 1.807) is 11.3 Å². The van der Waals surface area contributed by atoms with Crippen molar-refractivity contribution >= 4 is 22.2 Å². The number of thiazole rings is 1. The van der Waals surface area contributed by atoms with Gasteiger partial charge in [0.15, 0.2) is 5.13 Å². The number of para-hydroxylation sites is 1. The quantitative estimate of drug-likeness (QED) is 0.424. The number of hydrogen-bond acceptors (Lipinski definition) is 4. The van der Waals surface area contributed by atoms with E-state index in [0.29, 0.717) is 0 Å². The lowest BCUT2D eigenvalue weighted by Gasteiger charge is -2.48. The van der Waals surface area contributed by atoms with Crippen LogP contribution in [-0.4, -0.2) is 18.1 Å². The van der Waals surface area contributed by atoms with Gasteiger partial charge in [-0.1, -0.05) is 78.9 Å². The first-order valence-electron chi connectivity index (χ1n) is 9.98. The first-order chi connectivity index (χ1) is 14.4. The lowest BCUT2D eigenvalue weighted by atomic mass is 9.94. The lowest BCUT2D eigenvalue weighted by Crippen LogP contribution is -2.50. The van der Waals surface area contributed by atoms with Gasteiger partial charge in [0.05, 0.1) is 12.1 Å². The molecule has 3 aromatic carbocycles. The molecular formula is C25H23N3S. The second-order valence-corrected chi connectivity index (χ2v) is 8.19. The summed E-state index contributed by atoms with van der Waals surface area (Å²) in [6.45, 7) is 1.82. The summed E-state index contributed by atoms with van der Waals surface area (Å²) < 4.78 is 0. The minimum Gasteiger partial charge on any atom is -0.354 e. The van der Waals surface area contributed by atoms with Crippen molar-refractivity contribution in [2.24, 2.45) is 0 Å². The molecule has 3 nitrogen and oxygen atoms in total. The summed E-state index contributed by atoms with van der Waals surface area (Å²) in [7, 11) is 0. The highest BCUT2D eigenvalue weighted by Crippen LogP contribution is 2.41. The van der Waals surface area contributed by atoms with Gasteiger partial charge in [0.1, 0.15) is 0 Å². The molecule has 4 heteroatoms. The zero-order chi connectivity index (χ0) is 19.5. The predicted molar refractivity (Wildman–Crippen MR) is 122 cm³/mol. The van der Waals surface area contributed by atoms with Crippen LogP contribution in [0.15, 0.2) is 103 Å². The highest BCUT2D eigenvalue weighted by atomic mass is 32.1. The topological polar surface area (TPSA) is 19.4 Å². The number of anilines is 2. The van der Waals surface area contributed by atoms with E-state index in [0.717, 1.165) is 18.2 Å². The molecule has 1 aromatic heterocycles. The molecule has 1 saturated heterocycles. The van der Waals surface area contributed by atoms with Crippen molar-refractivity contribution in [2.75, 3.05) is 22.9 Å². The van der Waals surface area contributed by atoms with E-state index in [1.165, 1.54) is 16.8 Å². The average Bonchev–Trinajstić information content (AvgIpc) is 3.35. The molecule has 144 valence electrons. The summed E-state index contributed by atoms with van der Waals surface area (Å²) in [5, 5.41) is 3.16. The van der Waals surface area contributed by atoms with Gasteiger partial charge in [-0.3, -0.25) is 0 Å². The maximum atomic E-state index is 4.62. The molecule has 0 spiro atoms. The summed E-state index contributed by atoms with van der Waals surface area (Å²) in [6.07, 6.45) is 1.90. The fourth-order valence-electron chi connectivity index (χ4n) is 4.26. The molecule has 0 amide bonds. The van der Waals surface area contributed by atoms with Crippen LogP contribution in [0.1, 0.15) is 23.2 Å².